The number of ether oxygens (including phenoxy) is 1. The summed E-state index contributed by atoms with van der Waals surface area (Å²) in [5, 5.41) is 9.26. The molecule has 1 aromatic rings. The lowest BCUT2D eigenvalue weighted by Crippen LogP contribution is -2.30. The van der Waals surface area contributed by atoms with Crippen molar-refractivity contribution in [3.63, 3.8) is 0 Å². The summed E-state index contributed by atoms with van der Waals surface area (Å²) in [6, 6.07) is 5.38. The zero-order valence-electron chi connectivity index (χ0n) is 11.7. The molecule has 0 aliphatic heterocycles. The van der Waals surface area contributed by atoms with Gasteiger partial charge in [0.15, 0.2) is 0 Å². The van der Waals surface area contributed by atoms with Gasteiger partial charge in [0.2, 0.25) is 0 Å². The molecule has 3 heteroatoms. The first-order chi connectivity index (χ1) is 9.11. The number of carbonyl (C=O) groups is 1. The molecular formula is C16H22O3. The molecule has 104 valence electrons. The third-order valence-corrected chi connectivity index (χ3v) is 4.01. The van der Waals surface area contributed by atoms with Gasteiger partial charge in [0, 0.05) is 0 Å². The number of carboxylic acids is 1. The third kappa shape index (κ3) is 3.28. The molecule has 0 saturated heterocycles. The predicted octanol–water partition coefficient (Wildman–Crippen LogP) is 4.04. The van der Waals surface area contributed by atoms with Crippen molar-refractivity contribution in [1.29, 1.82) is 0 Å². The fourth-order valence-electron chi connectivity index (χ4n) is 2.87. The van der Waals surface area contributed by atoms with Crippen molar-refractivity contribution in [2.45, 2.75) is 52.1 Å². The monoisotopic (exact) mass is 262 g/mol. The first-order valence-corrected chi connectivity index (χ1v) is 7.12. The first-order valence-electron chi connectivity index (χ1n) is 7.12. The number of aromatic carboxylic acids is 1. The Balaban J connectivity index is 2.20. The van der Waals surface area contributed by atoms with Crippen molar-refractivity contribution >= 4 is 5.97 Å². The molecule has 1 N–H and O–H groups in total. The van der Waals surface area contributed by atoms with Crippen molar-refractivity contribution in [1.82, 2.24) is 0 Å². The highest BCUT2D eigenvalue weighted by Gasteiger charge is 2.26. The average Bonchev–Trinajstić information content (AvgIpc) is 2.41. The smallest absolute Gasteiger partial charge is 0.339 e. The highest BCUT2D eigenvalue weighted by molar-refractivity contribution is 5.91. The Morgan fingerprint density at radius 2 is 2.11 bits per heavy atom. The van der Waals surface area contributed by atoms with E-state index in [0.717, 1.165) is 18.4 Å². The van der Waals surface area contributed by atoms with Crippen LogP contribution in [0.4, 0.5) is 0 Å². The summed E-state index contributed by atoms with van der Waals surface area (Å²) < 4.78 is 6.03. The van der Waals surface area contributed by atoms with E-state index in [9.17, 15) is 9.90 Å². The summed E-state index contributed by atoms with van der Waals surface area (Å²) >= 11 is 0. The summed E-state index contributed by atoms with van der Waals surface area (Å²) in [5.74, 6) is 0.155. The lowest BCUT2D eigenvalue weighted by molar-refractivity contribution is 0.0664. The van der Waals surface area contributed by atoms with Gasteiger partial charge >= 0.3 is 5.97 Å². The highest BCUT2D eigenvalue weighted by atomic mass is 16.5. The Kier molecular flexibility index (Phi) is 4.46. The molecule has 0 radical (unpaired) electrons. The molecule has 1 aliphatic rings. The Morgan fingerprint density at radius 3 is 2.79 bits per heavy atom. The van der Waals surface area contributed by atoms with Crippen LogP contribution in [0.3, 0.4) is 0 Å². The molecule has 1 fully saturated rings. The zero-order chi connectivity index (χ0) is 13.8. The van der Waals surface area contributed by atoms with Crippen LogP contribution in [0.5, 0.6) is 5.75 Å². The summed E-state index contributed by atoms with van der Waals surface area (Å²) in [6.07, 6.45) is 5.92. The van der Waals surface area contributed by atoms with Gasteiger partial charge in [-0.05, 0) is 50.7 Å². The molecule has 2 unspecified atom stereocenters. The maximum absolute atomic E-state index is 11.3. The van der Waals surface area contributed by atoms with Gasteiger partial charge in [0.05, 0.1) is 0 Å². The largest absolute Gasteiger partial charge is 0.489 e. The van der Waals surface area contributed by atoms with Crippen molar-refractivity contribution in [2.75, 3.05) is 0 Å². The second-order valence-corrected chi connectivity index (χ2v) is 5.41. The standard InChI is InChI=1S/C16H22O3/c1-3-12-6-4-5-7-14(12)19-15-9-8-11(2)10-13(15)16(17)18/h8-10,12,14H,3-7H2,1-2H3,(H,17,18). The van der Waals surface area contributed by atoms with Crippen LogP contribution in [-0.4, -0.2) is 17.2 Å². The van der Waals surface area contributed by atoms with E-state index >= 15 is 0 Å². The van der Waals surface area contributed by atoms with Gasteiger partial charge in [-0.15, -0.1) is 0 Å². The molecule has 3 nitrogen and oxygen atoms in total. The van der Waals surface area contributed by atoms with Crippen LogP contribution in [0.1, 0.15) is 54.9 Å². The van der Waals surface area contributed by atoms with Gasteiger partial charge in [-0.3, -0.25) is 0 Å². The van der Waals surface area contributed by atoms with E-state index in [1.165, 1.54) is 19.3 Å². The lowest BCUT2D eigenvalue weighted by atomic mass is 9.84. The predicted molar refractivity (Wildman–Crippen MR) is 74.8 cm³/mol. The summed E-state index contributed by atoms with van der Waals surface area (Å²) in [5.41, 5.74) is 1.22. The van der Waals surface area contributed by atoms with Gasteiger partial charge in [-0.25, -0.2) is 4.79 Å². The molecule has 1 aliphatic carbocycles. The van der Waals surface area contributed by atoms with Crippen molar-refractivity contribution in [3.05, 3.63) is 29.3 Å². The minimum Gasteiger partial charge on any atom is -0.489 e. The molecule has 19 heavy (non-hydrogen) atoms. The van der Waals surface area contributed by atoms with Crippen LogP contribution in [0.25, 0.3) is 0 Å². The maximum atomic E-state index is 11.3. The summed E-state index contributed by atoms with van der Waals surface area (Å²) in [7, 11) is 0. The minimum absolute atomic E-state index is 0.166. The Bertz CT molecular complexity index is 453. The quantitative estimate of drug-likeness (QED) is 0.890. The average molecular weight is 262 g/mol. The molecule has 0 amide bonds. The second-order valence-electron chi connectivity index (χ2n) is 5.41. The fraction of sp³-hybridized carbons (Fsp3) is 0.562. The number of aryl methyl sites for hydroxylation is 1. The number of rotatable bonds is 4. The van der Waals surface area contributed by atoms with Crippen LogP contribution >= 0.6 is 0 Å². The zero-order valence-corrected chi connectivity index (χ0v) is 11.7. The number of carboxylic acid groups (broad SMARTS) is 1. The van der Waals surface area contributed by atoms with Gasteiger partial charge in [-0.2, -0.15) is 0 Å². The Morgan fingerprint density at radius 1 is 1.37 bits per heavy atom. The van der Waals surface area contributed by atoms with Crippen LogP contribution in [-0.2, 0) is 0 Å². The van der Waals surface area contributed by atoms with Gasteiger partial charge < -0.3 is 9.84 Å². The number of benzene rings is 1. The lowest BCUT2D eigenvalue weighted by Gasteiger charge is -2.31. The van der Waals surface area contributed by atoms with Crippen molar-refractivity contribution in [2.24, 2.45) is 5.92 Å². The number of hydrogen-bond acceptors (Lipinski definition) is 2. The topological polar surface area (TPSA) is 46.5 Å². The van der Waals surface area contributed by atoms with E-state index in [2.05, 4.69) is 6.92 Å². The second kappa shape index (κ2) is 6.09. The van der Waals surface area contributed by atoms with E-state index in [1.807, 2.05) is 13.0 Å². The Hall–Kier alpha value is -1.51. The molecule has 2 atom stereocenters. The number of hydrogen-bond donors (Lipinski definition) is 1. The normalized spacial score (nSPS) is 23.1. The van der Waals surface area contributed by atoms with Gasteiger partial charge in [-0.1, -0.05) is 25.0 Å². The highest BCUT2D eigenvalue weighted by Crippen LogP contribution is 2.32. The molecule has 0 aromatic heterocycles. The maximum Gasteiger partial charge on any atom is 0.339 e. The molecular weight excluding hydrogens is 240 g/mol. The van der Waals surface area contributed by atoms with Crippen LogP contribution < -0.4 is 4.74 Å². The van der Waals surface area contributed by atoms with Crippen LogP contribution in [0, 0.1) is 12.8 Å². The van der Waals surface area contributed by atoms with E-state index in [0.29, 0.717) is 11.7 Å². The molecule has 0 spiro atoms. The minimum atomic E-state index is -0.914. The van der Waals surface area contributed by atoms with E-state index in [4.69, 9.17) is 4.74 Å². The van der Waals surface area contributed by atoms with Crippen molar-refractivity contribution in [3.8, 4) is 5.75 Å². The fourth-order valence-corrected chi connectivity index (χ4v) is 2.87. The van der Waals surface area contributed by atoms with E-state index in [1.54, 1.807) is 12.1 Å². The van der Waals surface area contributed by atoms with Gasteiger partial charge in [0.1, 0.15) is 17.4 Å². The molecule has 1 saturated carbocycles. The molecule has 0 bridgehead atoms. The van der Waals surface area contributed by atoms with E-state index in [-0.39, 0.29) is 11.7 Å². The van der Waals surface area contributed by atoms with Crippen molar-refractivity contribution < 1.29 is 14.6 Å². The van der Waals surface area contributed by atoms with Crippen LogP contribution in [0.15, 0.2) is 18.2 Å². The van der Waals surface area contributed by atoms with E-state index < -0.39 is 5.97 Å². The third-order valence-electron chi connectivity index (χ3n) is 4.01. The van der Waals surface area contributed by atoms with Crippen LogP contribution in [0.2, 0.25) is 0 Å². The molecule has 2 rings (SSSR count). The molecule has 1 aromatic carbocycles. The Labute approximate surface area is 114 Å². The summed E-state index contributed by atoms with van der Waals surface area (Å²) in [6.45, 7) is 4.07. The SMILES string of the molecule is CCC1CCCCC1Oc1ccc(C)cc1C(=O)O. The summed E-state index contributed by atoms with van der Waals surface area (Å²) in [4.78, 5) is 11.3. The molecule has 0 heterocycles. The first kappa shape index (κ1) is 13.9. The van der Waals surface area contributed by atoms with Gasteiger partial charge in [0.25, 0.3) is 0 Å².